The summed E-state index contributed by atoms with van der Waals surface area (Å²) in [4.78, 5) is 24.7. The fourth-order valence-corrected chi connectivity index (χ4v) is 7.42. The molecule has 304 valence electrons. The Morgan fingerprint density at radius 1 is 0.373 bits per heavy atom. The Bertz CT molecular complexity index is 706. The maximum Gasteiger partial charge on any atom is 0.308 e. The molecule has 2 atom stereocenters. The third-order valence-corrected chi connectivity index (χ3v) is 11.1. The Kier molecular flexibility index (Phi) is 40.8. The summed E-state index contributed by atoms with van der Waals surface area (Å²) >= 11 is 0. The van der Waals surface area contributed by atoms with Gasteiger partial charge in [-0.15, -0.1) is 0 Å². The highest BCUT2D eigenvalue weighted by Crippen LogP contribution is 2.22. The van der Waals surface area contributed by atoms with E-state index in [1.807, 2.05) is 0 Å². The van der Waals surface area contributed by atoms with Crippen molar-refractivity contribution in [2.75, 3.05) is 13.2 Å². The fourth-order valence-electron chi connectivity index (χ4n) is 7.42. The Morgan fingerprint density at radius 3 is 1.12 bits per heavy atom. The van der Waals surface area contributed by atoms with Crippen molar-refractivity contribution in [3.63, 3.8) is 0 Å². The second-order valence-electron chi connectivity index (χ2n) is 16.3. The predicted molar refractivity (Wildman–Crippen MR) is 222 cm³/mol. The van der Waals surface area contributed by atoms with Crippen molar-refractivity contribution < 1.29 is 19.1 Å². The van der Waals surface area contributed by atoms with Crippen LogP contribution in [0.15, 0.2) is 0 Å². The van der Waals surface area contributed by atoms with E-state index in [1.165, 1.54) is 199 Å². The second-order valence-corrected chi connectivity index (χ2v) is 16.3. The first-order valence-corrected chi connectivity index (χ1v) is 23.4. The van der Waals surface area contributed by atoms with Crippen molar-refractivity contribution in [2.45, 2.75) is 265 Å². The van der Waals surface area contributed by atoms with Gasteiger partial charge in [0, 0.05) is 6.42 Å². The minimum Gasteiger partial charge on any atom is -0.466 e. The fraction of sp³-hybridized carbons (Fsp3) is 0.957. The van der Waals surface area contributed by atoms with E-state index >= 15 is 0 Å². The number of rotatable bonds is 42. The number of carbonyl (C=O) groups excluding carboxylic acids is 2. The first-order chi connectivity index (χ1) is 25.0. The normalized spacial score (nSPS) is 12.6. The summed E-state index contributed by atoms with van der Waals surface area (Å²) in [5, 5.41) is 0. The van der Waals surface area contributed by atoms with E-state index in [0.717, 1.165) is 38.0 Å². The number of unbranched alkanes of at least 4 members (excludes halogenated alkanes) is 27. The number of hydrogen-bond acceptors (Lipinski definition) is 4. The van der Waals surface area contributed by atoms with E-state index in [-0.39, 0.29) is 17.9 Å². The van der Waals surface area contributed by atoms with Crippen molar-refractivity contribution in [3.05, 3.63) is 0 Å². The van der Waals surface area contributed by atoms with Crippen molar-refractivity contribution in [1.29, 1.82) is 0 Å². The molecule has 0 rings (SSSR count). The maximum atomic E-state index is 12.8. The van der Waals surface area contributed by atoms with Crippen LogP contribution in [0.5, 0.6) is 0 Å². The van der Waals surface area contributed by atoms with Crippen molar-refractivity contribution in [2.24, 2.45) is 11.8 Å². The molecule has 4 heteroatoms. The van der Waals surface area contributed by atoms with Gasteiger partial charge in [0.15, 0.2) is 0 Å². The molecule has 0 aromatic rings. The van der Waals surface area contributed by atoms with Gasteiger partial charge in [0.2, 0.25) is 0 Å². The summed E-state index contributed by atoms with van der Waals surface area (Å²) in [6.45, 7) is 10.4. The number of carbonyl (C=O) groups is 2. The van der Waals surface area contributed by atoms with Crippen LogP contribution in [-0.4, -0.2) is 25.2 Å². The average molecular weight is 721 g/mol. The molecule has 0 N–H and O–H groups in total. The zero-order valence-electron chi connectivity index (χ0n) is 35.4. The summed E-state index contributed by atoms with van der Waals surface area (Å²) in [5.41, 5.74) is 0. The summed E-state index contributed by atoms with van der Waals surface area (Å²) in [7, 11) is 0. The minimum absolute atomic E-state index is 0.00959. The van der Waals surface area contributed by atoms with Gasteiger partial charge in [-0.25, -0.2) is 0 Å². The molecule has 0 amide bonds. The van der Waals surface area contributed by atoms with Gasteiger partial charge in [0.05, 0.1) is 19.1 Å². The van der Waals surface area contributed by atoms with Crippen LogP contribution in [0.25, 0.3) is 0 Å². The van der Waals surface area contributed by atoms with Gasteiger partial charge < -0.3 is 9.47 Å². The molecule has 0 heterocycles. The Balaban J connectivity index is 3.56. The summed E-state index contributed by atoms with van der Waals surface area (Å²) in [6.07, 6.45) is 46.0. The Morgan fingerprint density at radius 2 is 0.686 bits per heavy atom. The first kappa shape index (κ1) is 49.9. The molecule has 2 unspecified atom stereocenters. The summed E-state index contributed by atoms with van der Waals surface area (Å²) < 4.78 is 11.2. The van der Waals surface area contributed by atoms with Gasteiger partial charge in [0.25, 0.3) is 0 Å². The lowest BCUT2D eigenvalue weighted by atomic mass is 9.94. The van der Waals surface area contributed by atoms with E-state index < -0.39 is 0 Å². The van der Waals surface area contributed by atoms with Gasteiger partial charge in [-0.3, -0.25) is 9.59 Å². The summed E-state index contributed by atoms with van der Waals surface area (Å²) in [5.74, 6) is 1.10. The van der Waals surface area contributed by atoms with Crippen LogP contribution < -0.4 is 0 Å². The topological polar surface area (TPSA) is 52.6 Å². The molecule has 4 nitrogen and oxygen atoms in total. The predicted octanol–water partition coefficient (Wildman–Crippen LogP) is 15.8. The molecule has 0 fully saturated rings. The van der Waals surface area contributed by atoms with Crippen molar-refractivity contribution in [1.82, 2.24) is 0 Å². The van der Waals surface area contributed by atoms with Crippen LogP contribution in [0.2, 0.25) is 0 Å². The third-order valence-electron chi connectivity index (χ3n) is 11.1. The number of ether oxygens (including phenoxy) is 2. The molecule has 0 radical (unpaired) electrons. The third kappa shape index (κ3) is 38.5. The highest BCUT2D eigenvalue weighted by atomic mass is 16.5. The molecule has 0 aliphatic rings. The van der Waals surface area contributed by atoms with Gasteiger partial charge in [-0.1, -0.05) is 227 Å². The smallest absolute Gasteiger partial charge is 0.308 e. The van der Waals surface area contributed by atoms with Crippen LogP contribution in [0.1, 0.15) is 265 Å². The SMILES string of the molecule is CCCCCCCCCC(=O)OCCCCCCCCCC(C)CCCCCCCCCCOC(=O)C(CCCCCC)CCCCCCCC. The molecular weight excluding hydrogens is 629 g/mol. The lowest BCUT2D eigenvalue weighted by Gasteiger charge is -2.16. The minimum atomic E-state index is 0.00959. The standard InChI is InChI=1S/C47H92O4/c1-5-8-11-14-19-27-34-41-46(48)50-42-35-28-23-18-21-25-31-38-44(4)37-30-24-20-16-17-22-29-36-43-51-47(49)45(39-32-13-10-7-3)40-33-26-15-12-9-6-2/h44-45H,5-43H2,1-4H3. The maximum absolute atomic E-state index is 12.8. The van der Waals surface area contributed by atoms with Gasteiger partial charge >= 0.3 is 11.9 Å². The highest BCUT2D eigenvalue weighted by molar-refractivity contribution is 5.72. The molecule has 0 saturated heterocycles. The number of hydrogen-bond donors (Lipinski definition) is 0. The average Bonchev–Trinajstić information content (AvgIpc) is 3.13. The van der Waals surface area contributed by atoms with E-state index in [4.69, 9.17) is 9.47 Å². The Hall–Kier alpha value is -1.06. The monoisotopic (exact) mass is 721 g/mol. The highest BCUT2D eigenvalue weighted by Gasteiger charge is 2.19. The van der Waals surface area contributed by atoms with Crippen LogP contribution in [0, 0.1) is 11.8 Å². The first-order valence-electron chi connectivity index (χ1n) is 23.4. The van der Waals surface area contributed by atoms with Gasteiger partial charge in [0.1, 0.15) is 0 Å². The second kappa shape index (κ2) is 41.7. The van der Waals surface area contributed by atoms with E-state index in [0.29, 0.717) is 19.6 Å². The van der Waals surface area contributed by atoms with Crippen LogP contribution in [-0.2, 0) is 19.1 Å². The quantitative estimate of drug-likeness (QED) is 0.0465. The van der Waals surface area contributed by atoms with Gasteiger partial charge in [-0.2, -0.15) is 0 Å². The lowest BCUT2D eigenvalue weighted by molar-refractivity contribution is -0.149. The molecule has 0 saturated carbocycles. The Labute approximate surface area is 320 Å². The van der Waals surface area contributed by atoms with E-state index in [2.05, 4.69) is 27.7 Å². The molecular formula is C47H92O4. The number of esters is 2. The van der Waals surface area contributed by atoms with Crippen molar-refractivity contribution >= 4 is 11.9 Å². The lowest BCUT2D eigenvalue weighted by Crippen LogP contribution is -2.18. The van der Waals surface area contributed by atoms with Crippen LogP contribution in [0.3, 0.4) is 0 Å². The van der Waals surface area contributed by atoms with Gasteiger partial charge in [-0.05, 0) is 38.0 Å². The van der Waals surface area contributed by atoms with E-state index in [9.17, 15) is 9.59 Å². The molecule has 0 spiro atoms. The van der Waals surface area contributed by atoms with Crippen LogP contribution in [0.4, 0.5) is 0 Å². The van der Waals surface area contributed by atoms with E-state index in [1.54, 1.807) is 0 Å². The molecule has 0 bridgehead atoms. The molecule has 0 aromatic carbocycles. The summed E-state index contributed by atoms with van der Waals surface area (Å²) in [6, 6.07) is 0. The molecule has 0 aromatic heterocycles. The van der Waals surface area contributed by atoms with Crippen molar-refractivity contribution in [3.8, 4) is 0 Å². The molecule has 0 aliphatic carbocycles. The molecule has 0 aliphatic heterocycles. The van der Waals surface area contributed by atoms with Crippen LogP contribution >= 0.6 is 0 Å². The largest absolute Gasteiger partial charge is 0.466 e. The zero-order valence-corrected chi connectivity index (χ0v) is 35.4. The molecule has 51 heavy (non-hydrogen) atoms. The zero-order chi connectivity index (χ0) is 37.3.